The van der Waals surface area contributed by atoms with Crippen LogP contribution in [0.25, 0.3) is 16.6 Å². The molecule has 8 heteroatoms. The van der Waals surface area contributed by atoms with Crippen molar-refractivity contribution in [2.24, 2.45) is 0 Å². The Morgan fingerprint density at radius 3 is 2.65 bits per heavy atom. The van der Waals surface area contributed by atoms with Crippen molar-refractivity contribution in [1.29, 1.82) is 0 Å². The van der Waals surface area contributed by atoms with Crippen LogP contribution in [0.15, 0.2) is 46.6 Å². The number of esters is 2. The van der Waals surface area contributed by atoms with Gasteiger partial charge in [0, 0.05) is 6.42 Å². The maximum atomic E-state index is 12.2. The van der Waals surface area contributed by atoms with Crippen LogP contribution in [0.1, 0.15) is 11.1 Å². The molecule has 128 valence electrons. The number of ether oxygens (including phenoxy) is 3. The predicted octanol–water partition coefficient (Wildman–Crippen LogP) is 2.03. The van der Waals surface area contributed by atoms with Crippen LogP contribution >= 0.6 is 0 Å². The van der Waals surface area contributed by atoms with Crippen molar-refractivity contribution >= 4 is 28.5 Å². The average molecular weight is 350 g/mol. The third kappa shape index (κ3) is 2.23. The smallest absolute Gasteiger partial charge is 0.347 e. The standard InChI is InChI=1S/C18H10N2O6/c21-17-11(5-9-1-4-14-15(6-9)24-8-23-14)16(18(22)25-17)10-2-3-12-13(7-10)20-26-19-12/h1-4,6-7H,5,8H2. The van der Waals surface area contributed by atoms with E-state index in [1.807, 2.05) is 6.07 Å². The lowest BCUT2D eigenvalue weighted by atomic mass is 9.96. The van der Waals surface area contributed by atoms with Gasteiger partial charge in [0.25, 0.3) is 0 Å². The number of rotatable bonds is 3. The van der Waals surface area contributed by atoms with Crippen LogP contribution in [0.2, 0.25) is 0 Å². The van der Waals surface area contributed by atoms with E-state index in [2.05, 4.69) is 14.9 Å². The second-order valence-electron chi connectivity index (χ2n) is 5.86. The molecule has 26 heavy (non-hydrogen) atoms. The first-order chi connectivity index (χ1) is 12.7. The van der Waals surface area contributed by atoms with Crippen LogP contribution in [0, 0.1) is 0 Å². The minimum atomic E-state index is -0.679. The topological polar surface area (TPSA) is 101 Å². The van der Waals surface area contributed by atoms with Gasteiger partial charge in [0.1, 0.15) is 11.0 Å². The summed E-state index contributed by atoms with van der Waals surface area (Å²) < 4.78 is 20.1. The molecule has 2 aliphatic heterocycles. The van der Waals surface area contributed by atoms with Gasteiger partial charge in [-0.25, -0.2) is 14.2 Å². The Hall–Kier alpha value is -3.68. The van der Waals surface area contributed by atoms with E-state index in [1.165, 1.54) is 0 Å². The highest BCUT2D eigenvalue weighted by Gasteiger charge is 2.34. The second-order valence-corrected chi connectivity index (χ2v) is 5.86. The monoisotopic (exact) mass is 350 g/mol. The Labute approximate surface area is 145 Å². The molecule has 0 atom stereocenters. The summed E-state index contributed by atoms with van der Waals surface area (Å²) in [5.74, 6) is -0.0722. The van der Waals surface area contributed by atoms with E-state index in [4.69, 9.17) is 14.2 Å². The average Bonchev–Trinajstić information content (AvgIpc) is 3.34. The number of hydrogen-bond acceptors (Lipinski definition) is 8. The zero-order valence-electron chi connectivity index (χ0n) is 13.2. The number of benzene rings is 2. The molecule has 0 N–H and O–H groups in total. The number of carbonyl (C=O) groups is 2. The first kappa shape index (κ1) is 14.6. The van der Waals surface area contributed by atoms with Crippen LogP contribution in [-0.4, -0.2) is 29.0 Å². The van der Waals surface area contributed by atoms with Crippen LogP contribution in [0.4, 0.5) is 0 Å². The molecule has 2 aromatic carbocycles. The minimum Gasteiger partial charge on any atom is -0.454 e. The number of carbonyl (C=O) groups excluding carboxylic acids is 2. The number of aromatic nitrogens is 2. The summed E-state index contributed by atoms with van der Waals surface area (Å²) in [5.41, 5.74) is 2.88. The lowest BCUT2D eigenvalue weighted by molar-refractivity contribution is -0.150. The van der Waals surface area contributed by atoms with Crippen molar-refractivity contribution in [3.8, 4) is 11.5 Å². The Morgan fingerprint density at radius 2 is 1.73 bits per heavy atom. The Balaban J connectivity index is 1.58. The molecule has 1 aromatic heterocycles. The molecule has 2 aliphatic rings. The summed E-state index contributed by atoms with van der Waals surface area (Å²) in [6.45, 7) is 0.166. The van der Waals surface area contributed by atoms with E-state index in [0.717, 1.165) is 5.56 Å². The van der Waals surface area contributed by atoms with E-state index in [0.29, 0.717) is 28.1 Å². The van der Waals surface area contributed by atoms with Gasteiger partial charge in [-0.1, -0.05) is 12.1 Å². The van der Waals surface area contributed by atoms with Crippen molar-refractivity contribution in [2.45, 2.75) is 6.42 Å². The predicted molar refractivity (Wildman–Crippen MR) is 86.1 cm³/mol. The van der Waals surface area contributed by atoms with Crippen LogP contribution in [-0.2, 0) is 20.7 Å². The minimum absolute atomic E-state index is 0.166. The Kier molecular flexibility index (Phi) is 3.05. The third-order valence-corrected chi connectivity index (χ3v) is 4.30. The molecular weight excluding hydrogens is 340 g/mol. The molecule has 5 rings (SSSR count). The number of cyclic esters (lactones) is 2. The molecule has 0 bridgehead atoms. The molecule has 0 fully saturated rings. The zero-order valence-corrected chi connectivity index (χ0v) is 13.2. The van der Waals surface area contributed by atoms with Crippen molar-refractivity contribution in [3.63, 3.8) is 0 Å². The van der Waals surface area contributed by atoms with E-state index in [1.54, 1.807) is 30.3 Å². The van der Waals surface area contributed by atoms with Crippen LogP contribution in [0.3, 0.4) is 0 Å². The molecule has 3 aromatic rings. The van der Waals surface area contributed by atoms with E-state index < -0.39 is 11.9 Å². The summed E-state index contributed by atoms with van der Waals surface area (Å²) in [7, 11) is 0. The van der Waals surface area contributed by atoms with Gasteiger partial charge < -0.3 is 14.2 Å². The SMILES string of the molecule is O=C1OC(=O)C(c2ccc3nonc3c2)=C1Cc1ccc2c(c1)OCO2. The second kappa shape index (κ2) is 5.41. The summed E-state index contributed by atoms with van der Waals surface area (Å²) in [6.07, 6.45) is 0.228. The van der Waals surface area contributed by atoms with Gasteiger partial charge >= 0.3 is 11.9 Å². The Morgan fingerprint density at radius 1 is 0.885 bits per heavy atom. The summed E-state index contributed by atoms with van der Waals surface area (Å²) >= 11 is 0. The third-order valence-electron chi connectivity index (χ3n) is 4.30. The number of nitrogens with zero attached hydrogens (tertiary/aromatic N) is 2. The highest BCUT2D eigenvalue weighted by Crippen LogP contribution is 2.35. The van der Waals surface area contributed by atoms with E-state index in [9.17, 15) is 9.59 Å². The molecule has 0 saturated heterocycles. The quantitative estimate of drug-likeness (QED) is 0.522. The molecule has 0 saturated carbocycles. The highest BCUT2D eigenvalue weighted by molar-refractivity contribution is 6.31. The fraction of sp³-hybridized carbons (Fsp3) is 0.111. The summed E-state index contributed by atoms with van der Waals surface area (Å²) in [4.78, 5) is 24.5. The van der Waals surface area contributed by atoms with Gasteiger partial charge in [0.2, 0.25) is 6.79 Å². The van der Waals surface area contributed by atoms with Crippen LogP contribution in [0.5, 0.6) is 11.5 Å². The molecule has 0 unspecified atom stereocenters. The summed E-state index contributed by atoms with van der Waals surface area (Å²) in [5, 5.41) is 7.50. The number of hydrogen-bond donors (Lipinski definition) is 0. The molecule has 0 aliphatic carbocycles. The molecule has 0 spiro atoms. The van der Waals surface area contributed by atoms with Crippen molar-refractivity contribution in [3.05, 3.63) is 53.1 Å². The maximum Gasteiger partial charge on any atom is 0.347 e. The molecule has 0 radical (unpaired) electrons. The van der Waals surface area contributed by atoms with Gasteiger partial charge in [-0.2, -0.15) is 0 Å². The van der Waals surface area contributed by atoms with Gasteiger partial charge in [-0.05, 0) is 45.7 Å². The van der Waals surface area contributed by atoms with Crippen molar-refractivity contribution < 1.29 is 28.4 Å². The van der Waals surface area contributed by atoms with Gasteiger partial charge in [-0.3, -0.25) is 0 Å². The van der Waals surface area contributed by atoms with E-state index in [-0.39, 0.29) is 24.4 Å². The fourth-order valence-electron chi connectivity index (χ4n) is 3.07. The highest BCUT2D eigenvalue weighted by atomic mass is 16.7. The fourth-order valence-corrected chi connectivity index (χ4v) is 3.07. The normalized spacial score (nSPS) is 15.8. The van der Waals surface area contributed by atoms with Crippen molar-refractivity contribution in [2.75, 3.05) is 6.79 Å². The summed E-state index contributed by atoms with van der Waals surface area (Å²) in [6, 6.07) is 10.4. The molecule has 3 heterocycles. The van der Waals surface area contributed by atoms with Crippen LogP contribution < -0.4 is 9.47 Å². The van der Waals surface area contributed by atoms with Gasteiger partial charge in [0.15, 0.2) is 11.5 Å². The largest absolute Gasteiger partial charge is 0.454 e. The van der Waals surface area contributed by atoms with Gasteiger partial charge in [0.05, 0.1) is 11.1 Å². The molecule has 8 nitrogen and oxygen atoms in total. The lowest BCUT2D eigenvalue weighted by Gasteiger charge is -2.05. The molecule has 0 amide bonds. The lowest BCUT2D eigenvalue weighted by Crippen LogP contribution is -2.03. The first-order valence-corrected chi connectivity index (χ1v) is 7.80. The van der Waals surface area contributed by atoms with Gasteiger partial charge in [-0.15, -0.1) is 0 Å². The van der Waals surface area contributed by atoms with E-state index >= 15 is 0 Å². The maximum absolute atomic E-state index is 12.2. The molecular formula is C18H10N2O6. The number of fused-ring (bicyclic) bond motifs is 2. The Bertz CT molecular complexity index is 1110. The van der Waals surface area contributed by atoms with Crippen molar-refractivity contribution in [1.82, 2.24) is 10.3 Å². The zero-order chi connectivity index (χ0) is 17.7. The first-order valence-electron chi connectivity index (χ1n) is 7.80.